The van der Waals surface area contributed by atoms with E-state index < -0.39 is 0 Å². The van der Waals surface area contributed by atoms with Crippen molar-refractivity contribution in [2.75, 3.05) is 5.32 Å². The Balaban J connectivity index is 1.38. The molecule has 4 nitrogen and oxygen atoms in total. The van der Waals surface area contributed by atoms with Gasteiger partial charge in [-0.1, -0.05) is 72.4 Å². The largest absolute Gasteiger partial charge is 0.342 e. The van der Waals surface area contributed by atoms with Gasteiger partial charge in [-0.2, -0.15) is 0 Å². The lowest BCUT2D eigenvalue weighted by Gasteiger charge is -2.13. The number of carbonyl (C=O) groups is 1. The van der Waals surface area contributed by atoms with Gasteiger partial charge in [0.2, 0.25) is 0 Å². The molecule has 0 atom stereocenters. The summed E-state index contributed by atoms with van der Waals surface area (Å²) < 4.78 is 2.21. The van der Waals surface area contributed by atoms with Gasteiger partial charge in [0.15, 0.2) is 0 Å². The number of nitrogens with zero attached hydrogens (tertiary/aromatic N) is 2. The van der Waals surface area contributed by atoms with E-state index in [1.54, 1.807) is 11.3 Å². The summed E-state index contributed by atoms with van der Waals surface area (Å²) in [5.41, 5.74) is 8.11. The Hall–Kier alpha value is -3.38. The Morgan fingerprint density at radius 2 is 1.79 bits per heavy atom. The average molecular weight is 615 g/mol. The molecule has 2 heterocycles. The number of halogens is 2. The molecule has 1 amide bonds. The minimum atomic E-state index is -0.0732. The lowest BCUT2D eigenvalue weighted by molar-refractivity contribution is 0.102. The molecule has 1 N–H and O–H groups in total. The molecule has 0 unspecified atom stereocenters. The molecule has 0 spiro atoms. The second-order valence-electron chi connectivity index (χ2n) is 11.1. The SMILES string of the molecule is Cc1ccc(C)c(NC(=O)c2c(N=Cc3cn(Cc4ccc(Cl)c(Cl)c4)c4ccccc34)sc3c2CCCCCC3)c1. The van der Waals surface area contributed by atoms with Crippen LogP contribution in [0.4, 0.5) is 10.7 Å². The Morgan fingerprint density at radius 3 is 2.62 bits per heavy atom. The van der Waals surface area contributed by atoms with Gasteiger partial charge in [0.05, 0.1) is 15.6 Å². The molecular formula is C35H33Cl2N3OS. The fourth-order valence-electron chi connectivity index (χ4n) is 5.76. The third-order valence-corrected chi connectivity index (χ3v) is 9.94. The number of benzene rings is 3. The zero-order valence-corrected chi connectivity index (χ0v) is 26.2. The fraction of sp³-hybridized carbons (Fsp3) is 0.257. The summed E-state index contributed by atoms with van der Waals surface area (Å²) in [6.45, 7) is 4.73. The molecular weight excluding hydrogens is 581 g/mol. The van der Waals surface area contributed by atoms with Gasteiger partial charge >= 0.3 is 0 Å². The van der Waals surface area contributed by atoms with E-state index in [9.17, 15) is 4.79 Å². The Kier molecular flexibility index (Phi) is 8.53. The maximum absolute atomic E-state index is 13.9. The molecule has 5 aromatic rings. The van der Waals surface area contributed by atoms with Gasteiger partial charge in [0.25, 0.3) is 5.91 Å². The number of fused-ring (bicyclic) bond motifs is 2. The fourth-order valence-corrected chi connectivity index (χ4v) is 7.31. The Bertz CT molecular complexity index is 1820. The van der Waals surface area contributed by atoms with E-state index in [1.807, 2.05) is 56.5 Å². The van der Waals surface area contributed by atoms with Crippen molar-refractivity contribution in [1.82, 2.24) is 4.57 Å². The van der Waals surface area contributed by atoms with E-state index in [4.69, 9.17) is 28.2 Å². The molecule has 0 saturated carbocycles. The molecule has 42 heavy (non-hydrogen) atoms. The number of thiophene rings is 1. The van der Waals surface area contributed by atoms with Crippen LogP contribution >= 0.6 is 34.5 Å². The average Bonchev–Trinajstić information content (AvgIpc) is 3.48. The predicted molar refractivity (Wildman–Crippen MR) is 179 cm³/mol. The normalized spacial score (nSPS) is 13.7. The molecule has 0 fully saturated rings. The molecule has 1 aliphatic rings. The highest BCUT2D eigenvalue weighted by Crippen LogP contribution is 2.40. The minimum absolute atomic E-state index is 0.0732. The van der Waals surface area contributed by atoms with E-state index >= 15 is 0 Å². The topological polar surface area (TPSA) is 46.4 Å². The number of rotatable bonds is 6. The number of aromatic nitrogens is 1. The van der Waals surface area contributed by atoms with Gasteiger partial charge < -0.3 is 9.88 Å². The number of aliphatic imine (C=N–C) groups is 1. The van der Waals surface area contributed by atoms with Crippen LogP contribution in [0.25, 0.3) is 10.9 Å². The molecule has 0 aliphatic heterocycles. The van der Waals surface area contributed by atoms with Crippen molar-refractivity contribution in [1.29, 1.82) is 0 Å². The number of aryl methyl sites for hydroxylation is 3. The maximum Gasteiger partial charge on any atom is 0.259 e. The molecule has 2 aromatic heterocycles. The summed E-state index contributed by atoms with van der Waals surface area (Å²) >= 11 is 14.1. The first-order chi connectivity index (χ1) is 20.4. The second-order valence-corrected chi connectivity index (χ2v) is 13.0. The van der Waals surface area contributed by atoms with Gasteiger partial charge in [-0.15, -0.1) is 11.3 Å². The summed E-state index contributed by atoms with van der Waals surface area (Å²) in [6, 6.07) is 20.2. The van der Waals surface area contributed by atoms with Crippen LogP contribution in [0.5, 0.6) is 0 Å². The summed E-state index contributed by atoms with van der Waals surface area (Å²) in [7, 11) is 0. The smallest absolute Gasteiger partial charge is 0.259 e. The van der Waals surface area contributed by atoms with Crippen molar-refractivity contribution in [3.63, 3.8) is 0 Å². The first-order valence-corrected chi connectivity index (χ1v) is 16.0. The van der Waals surface area contributed by atoms with Crippen LogP contribution in [0.15, 0.2) is 71.9 Å². The number of amides is 1. The number of carbonyl (C=O) groups excluding carboxylic acids is 1. The number of nitrogens with one attached hydrogen (secondary N) is 1. The first-order valence-electron chi connectivity index (χ1n) is 14.5. The summed E-state index contributed by atoms with van der Waals surface area (Å²) in [6.07, 6.45) is 10.6. The summed E-state index contributed by atoms with van der Waals surface area (Å²) in [5.74, 6) is -0.0732. The van der Waals surface area contributed by atoms with Gasteiger partial charge in [-0.25, -0.2) is 4.99 Å². The van der Waals surface area contributed by atoms with Gasteiger partial charge in [0.1, 0.15) is 5.00 Å². The van der Waals surface area contributed by atoms with Crippen LogP contribution in [0.1, 0.15) is 68.7 Å². The molecule has 1 aliphatic carbocycles. The molecule has 0 bridgehead atoms. The van der Waals surface area contributed by atoms with Crippen LogP contribution in [-0.4, -0.2) is 16.7 Å². The van der Waals surface area contributed by atoms with E-state index in [1.165, 1.54) is 23.3 Å². The highest BCUT2D eigenvalue weighted by molar-refractivity contribution is 7.16. The van der Waals surface area contributed by atoms with Gasteiger partial charge in [-0.05, 0) is 86.1 Å². The monoisotopic (exact) mass is 613 g/mol. The van der Waals surface area contributed by atoms with Crippen molar-refractivity contribution < 1.29 is 4.79 Å². The predicted octanol–water partition coefficient (Wildman–Crippen LogP) is 10.3. The number of para-hydroxylation sites is 1. The van der Waals surface area contributed by atoms with E-state index in [0.29, 0.717) is 16.6 Å². The van der Waals surface area contributed by atoms with Crippen LogP contribution < -0.4 is 5.32 Å². The Morgan fingerprint density at radius 1 is 0.976 bits per heavy atom. The van der Waals surface area contributed by atoms with Crippen molar-refractivity contribution in [3.05, 3.63) is 115 Å². The number of hydrogen-bond acceptors (Lipinski definition) is 3. The molecule has 7 heteroatoms. The van der Waals surface area contributed by atoms with E-state index in [2.05, 4.69) is 40.3 Å². The third-order valence-electron chi connectivity index (χ3n) is 8.00. The van der Waals surface area contributed by atoms with Crippen molar-refractivity contribution in [2.24, 2.45) is 4.99 Å². The minimum Gasteiger partial charge on any atom is -0.342 e. The zero-order chi connectivity index (χ0) is 29.2. The lowest BCUT2D eigenvalue weighted by Crippen LogP contribution is -2.15. The number of anilines is 1. The lowest BCUT2D eigenvalue weighted by atomic mass is 9.96. The first kappa shape index (κ1) is 28.7. The van der Waals surface area contributed by atoms with Gasteiger partial charge in [-0.3, -0.25) is 4.79 Å². The van der Waals surface area contributed by atoms with Crippen LogP contribution in [0, 0.1) is 13.8 Å². The molecule has 6 rings (SSSR count). The molecule has 3 aromatic carbocycles. The van der Waals surface area contributed by atoms with E-state index in [0.717, 1.165) is 75.1 Å². The van der Waals surface area contributed by atoms with Gasteiger partial charge in [0, 0.05) is 46.0 Å². The highest BCUT2D eigenvalue weighted by Gasteiger charge is 2.24. The quantitative estimate of drug-likeness (QED) is 0.190. The molecule has 214 valence electrons. The van der Waals surface area contributed by atoms with Crippen molar-refractivity contribution >= 4 is 68.3 Å². The zero-order valence-electron chi connectivity index (χ0n) is 23.8. The summed E-state index contributed by atoms with van der Waals surface area (Å²) in [5, 5.41) is 6.21. The van der Waals surface area contributed by atoms with Crippen LogP contribution in [0.2, 0.25) is 10.0 Å². The highest BCUT2D eigenvalue weighted by atomic mass is 35.5. The maximum atomic E-state index is 13.9. The van der Waals surface area contributed by atoms with Crippen LogP contribution in [0.3, 0.4) is 0 Å². The standard InChI is InChI=1S/C35H33Cl2N3OS/c1-22-13-14-23(2)30(17-22)39-34(41)33-27-10-5-3-4-6-12-32(27)42-35(33)38-19-25-21-40(31-11-8-7-9-26(25)31)20-24-15-16-28(36)29(37)18-24/h7-9,11,13-19,21H,3-6,10,12,20H2,1-2H3,(H,39,41). The van der Waals surface area contributed by atoms with E-state index in [-0.39, 0.29) is 5.91 Å². The Labute approximate surface area is 261 Å². The third kappa shape index (κ3) is 6.05. The van der Waals surface area contributed by atoms with Crippen molar-refractivity contribution in [2.45, 2.75) is 58.9 Å². The molecule has 0 radical (unpaired) electrons. The number of hydrogen-bond donors (Lipinski definition) is 1. The van der Waals surface area contributed by atoms with Crippen molar-refractivity contribution in [3.8, 4) is 0 Å². The molecule has 0 saturated heterocycles. The second kappa shape index (κ2) is 12.5. The van der Waals surface area contributed by atoms with Crippen LogP contribution in [-0.2, 0) is 19.4 Å². The summed E-state index contributed by atoms with van der Waals surface area (Å²) in [4.78, 5) is 20.2.